The minimum absolute atomic E-state index is 0.245. The molecule has 3 aromatic rings. The number of hydrogen-bond donors (Lipinski definition) is 1. The number of rotatable bonds is 4. The van der Waals surface area contributed by atoms with Crippen LogP contribution in [-0.2, 0) is 13.0 Å². The van der Waals surface area contributed by atoms with Crippen LogP contribution in [0.25, 0.3) is 0 Å². The molecule has 0 atom stereocenters. The summed E-state index contributed by atoms with van der Waals surface area (Å²) in [5.74, 6) is 1.49. The van der Waals surface area contributed by atoms with Crippen molar-refractivity contribution in [3.8, 4) is 11.5 Å². The van der Waals surface area contributed by atoms with E-state index in [0.717, 1.165) is 35.7 Å². The maximum absolute atomic E-state index is 6.35. The summed E-state index contributed by atoms with van der Waals surface area (Å²) in [4.78, 5) is 2.37. The van der Waals surface area contributed by atoms with Gasteiger partial charge in [-0.15, -0.1) is 0 Å². The Morgan fingerprint density at radius 2 is 1.81 bits per heavy atom. The van der Waals surface area contributed by atoms with Gasteiger partial charge in [-0.25, -0.2) is 0 Å². The van der Waals surface area contributed by atoms with Gasteiger partial charge >= 0.3 is 0 Å². The third-order valence-electron chi connectivity index (χ3n) is 5.12. The Labute approximate surface area is 163 Å². The van der Waals surface area contributed by atoms with E-state index in [4.69, 9.17) is 21.1 Å². The number of halogens is 1. The molecule has 2 aliphatic heterocycles. The van der Waals surface area contributed by atoms with Crippen LogP contribution in [-0.4, -0.2) is 13.3 Å². The summed E-state index contributed by atoms with van der Waals surface area (Å²) in [6.45, 7) is 1.85. The van der Waals surface area contributed by atoms with Gasteiger partial charge in [0.2, 0.25) is 6.79 Å². The Morgan fingerprint density at radius 3 is 2.70 bits per heavy atom. The molecule has 0 radical (unpaired) electrons. The smallest absolute Gasteiger partial charge is 0.231 e. The first kappa shape index (κ1) is 16.3. The van der Waals surface area contributed by atoms with Crippen LogP contribution >= 0.6 is 11.6 Å². The summed E-state index contributed by atoms with van der Waals surface area (Å²) >= 11 is 6.35. The highest BCUT2D eigenvalue weighted by Crippen LogP contribution is 2.40. The standard InChI is InChI=1S/C22H19ClN2O2/c23-19-9-10-21-22(27-14-26-21)18(19)13-24-16-5-7-17(8-6-16)25-12-11-15-3-1-2-4-20(15)25/h1-10,24H,11-14H2. The van der Waals surface area contributed by atoms with Crippen molar-refractivity contribution >= 4 is 28.7 Å². The molecule has 3 aromatic carbocycles. The fourth-order valence-electron chi connectivity index (χ4n) is 3.73. The van der Waals surface area contributed by atoms with Gasteiger partial charge in [0, 0.05) is 40.7 Å². The first-order chi connectivity index (χ1) is 13.3. The number of nitrogens with zero attached hydrogens (tertiary/aromatic N) is 1. The molecule has 0 fully saturated rings. The second kappa shape index (κ2) is 6.71. The van der Waals surface area contributed by atoms with Crippen LogP contribution in [0.4, 0.5) is 17.1 Å². The van der Waals surface area contributed by atoms with E-state index in [-0.39, 0.29) is 6.79 Å². The highest BCUT2D eigenvalue weighted by atomic mass is 35.5. The van der Waals surface area contributed by atoms with Crippen LogP contribution < -0.4 is 19.7 Å². The molecule has 2 heterocycles. The predicted octanol–water partition coefficient (Wildman–Crippen LogP) is 5.38. The fraction of sp³-hybridized carbons (Fsp3) is 0.182. The van der Waals surface area contributed by atoms with E-state index in [0.29, 0.717) is 11.6 Å². The summed E-state index contributed by atoms with van der Waals surface area (Å²) in [7, 11) is 0. The molecule has 0 amide bonds. The molecule has 0 spiro atoms. The van der Waals surface area contributed by atoms with Crippen LogP contribution in [0.2, 0.25) is 5.02 Å². The van der Waals surface area contributed by atoms with Crippen LogP contribution in [0.3, 0.4) is 0 Å². The molecule has 0 bridgehead atoms. The molecule has 0 aromatic heterocycles. The van der Waals surface area contributed by atoms with Gasteiger partial charge in [-0.2, -0.15) is 0 Å². The van der Waals surface area contributed by atoms with Gasteiger partial charge in [-0.3, -0.25) is 0 Å². The minimum Gasteiger partial charge on any atom is -0.454 e. The Bertz CT molecular complexity index is 988. The van der Waals surface area contributed by atoms with Crippen molar-refractivity contribution in [1.82, 2.24) is 0 Å². The molecule has 4 nitrogen and oxygen atoms in total. The molecular weight excluding hydrogens is 360 g/mol. The number of ether oxygens (including phenoxy) is 2. The molecule has 0 saturated heterocycles. The van der Waals surface area contributed by atoms with E-state index in [1.54, 1.807) is 0 Å². The molecule has 5 heteroatoms. The SMILES string of the molecule is Clc1ccc2c(c1CNc1ccc(N3CCc4ccccc43)cc1)OCO2. The van der Waals surface area contributed by atoms with Crippen molar-refractivity contribution in [1.29, 1.82) is 0 Å². The molecule has 2 aliphatic rings. The lowest BCUT2D eigenvalue weighted by atomic mass is 10.1. The Balaban J connectivity index is 1.32. The van der Waals surface area contributed by atoms with Gasteiger partial charge < -0.3 is 19.7 Å². The van der Waals surface area contributed by atoms with E-state index in [1.807, 2.05) is 12.1 Å². The zero-order valence-corrected chi connectivity index (χ0v) is 15.5. The molecule has 0 unspecified atom stereocenters. The zero-order valence-electron chi connectivity index (χ0n) is 14.7. The molecule has 5 rings (SSSR count). The molecule has 1 N–H and O–H groups in total. The van der Waals surface area contributed by atoms with E-state index >= 15 is 0 Å². The molecular formula is C22H19ClN2O2. The van der Waals surface area contributed by atoms with Crippen molar-refractivity contribution < 1.29 is 9.47 Å². The van der Waals surface area contributed by atoms with Crippen molar-refractivity contribution in [2.45, 2.75) is 13.0 Å². The van der Waals surface area contributed by atoms with E-state index in [1.165, 1.54) is 16.9 Å². The largest absolute Gasteiger partial charge is 0.454 e. The first-order valence-electron chi connectivity index (χ1n) is 9.06. The van der Waals surface area contributed by atoms with Crippen molar-refractivity contribution in [2.75, 3.05) is 23.6 Å². The number of hydrogen-bond acceptors (Lipinski definition) is 4. The zero-order chi connectivity index (χ0) is 18.2. The Morgan fingerprint density at radius 1 is 0.963 bits per heavy atom. The Hall–Kier alpha value is -2.85. The van der Waals surface area contributed by atoms with Crippen LogP contribution in [0.5, 0.6) is 11.5 Å². The van der Waals surface area contributed by atoms with Gasteiger partial charge in [0.1, 0.15) is 0 Å². The van der Waals surface area contributed by atoms with Gasteiger partial charge in [0.05, 0.1) is 0 Å². The minimum atomic E-state index is 0.245. The Kier molecular flexibility index (Phi) is 4.06. The third kappa shape index (κ3) is 2.96. The normalized spacial score (nSPS) is 14.3. The van der Waals surface area contributed by atoms with E-state index in [9.17, 15) is 0 Å². The van der Waals surface area contributed by atoms with E-state index in [2.05, 4.69) is 58.7 Å². The highest BCUT2D eigenvalue weighted by Gasteiger charge is 2.21. The summed E-state index contributed by atoms with van der Waals surface area (Å²) in [5.41, 5.74) is 5.89. The number of benzene rings is 3. The van der Waals surface area contributed by atoms with Crippen molar-refractivity contribution in [3.63, 3.8) is 0 Å². The predicted molar refractivity (Wildman–Crippen MR) is 108 cm³/mol. The summed E-state index contributed by atoms with van der Waals surface area (Å²) in [6.07, 6.45) is 1.09. The van der Waals surface area contributed by atoms with Gasteiger partial charge in [-0.1, -0.05) is 29.8 Å². The summed E-state index contributed by atoms with van der Waals surface area (Å²) in [5, 5.41) is 4.11. The van der Waals surface area contributed by atoms with E-state index < -0.39 is 0 Å². The van der Waals surface area contributed by atoms with Crippen molar-refractivity contribution in [2.24, 2.45) is 0 Å². The second-order valence-corrected chi connectivity index (χ2v) is 7.10. The van der Waals surface area contributed by atoms with Crippen LogP contribution in [0.15, 0.2) is 60.7 Å². The fourth-order valence-corrected chi connectivity index (χ4v) is 3.94. The maximum atomic E-state index is 6.35. The quantitative estimate of drug-likeness (QED) is 0.661. The number of para-hydroxylation sites is 1. The summed E-state index contributed by atoms with van der Waals surface area (Å²) < 4.78 is 11.0. The first-order valence-corrected chi connectivity index (χ1v) is 9.44. The lowest BCUT2D eigenvalue weighted by molar-refractivity contribution is 0.173. The average Bonchev–Trinajstić information content (AvgIpc) is 3.35. The topological polar surface area (TPSA) is 33.7 Å². The third-order valence-corrected chi connectivity index (χ3v) is 5.47. The van der Waals surface area contributed by atoms with Gasteiger partial charge in [0.15, 0.2) is 11.5 Å². The maximum Gasteiger partial charge on any atom is 0.231 e. The van der Waals surface area contributed by atoms with Gasteiger partial charge in [0.25, 0.3) is 0 Å². The van der Waals surface area contributed by atoms with Crippen LogP contribution in [0, 0.1) is 0 Å². The average molecular weight is 379 g/mol. The lowest BCUT2D eigenvalue weighted by Gasteiger charge is -2.20. The molecule has 27 heavy (non-hydrogen) atoms. The number of nitrogens with one attached hydrogen (secondary N) is 1. The van der Waals surface area contributed by atoms with Crippen LogP contribution in [0.1, 0.15) is 11.1 Å². The monoisotopic (exact) mass is 378 g/mol. The number of anilines is 3. The number of fused-ring (bicyclic) bond motifs is 2. The molecule has 0 saturated carbocycles. The summed E-state index contributed by atoms with van der Waals surface area (Å²) in [6, 6.07) is 20.8. The van der Waals surface area contributed by atoms with Crippen molar-refractivity contribution in [3.05, 3.63) is 76.8 Å². The highest BCUT2D eigenvalue weighted by molar-refractivity contribution is 6.31. The molecule has 136 valence electrons. The molecule has 0 aliphatic carbocycles. The lowest BCUT2D eigenvalue weighted by Crippen LogP contribution is -2.13. The van der Waals surface area contributed by atoms with Gasteiger partial charge in [-0.05, 0) is 54.4 Å². The second-order valence-electron chi connectivity index (χ2n) is 6.69.